The van der Waals surface area contributed by atoms with Crippen LogP contribution in [0, 0.1) is 0 Å². The van der Waals surface area contributed by atoms with Gasteiger partial charge in [0.25, 0.3) is 0 Å². The van der Waals surface area contributed by atoms with Gasteiger partial charge in [-0.2, -0.15) is 13.2 Å². The molecule has 0 aliphatic heterocycles. The number of hydrogen-bond acceptors (Lipinski definition) is 4. The number of carboxylic acid groups (broad SMARTS) is 1. The van der Waals surface area contributed by atoms with Gasteiger partial charge in [0.1, 0.15) is 12.2 Å². The van der Waals surface area contributed by atoms with Gasteiger partial charge in [0, 0.05) is 18.0 Å². The van der Waals surface area contributed by atoms with Crippen molar-refractivity contribution in [3.05, 3.63) is 30.2 Å². The summed E-state index contributed by atoms with van der Waals surface area (Å²) in [7, 11) is 0. The third-order valence-electron chi connectivity index (χ3n) is 2.22. The molecule has 2 aromatic heterocycles. The van der Waals surface area contributed by atoms with Gasteiger partial charge in [0.05, 0.1) is 0 Å². The number of aromatic carboxylic acids is 1. The van der Waals surface area contributed by atoms with Crippen molar-refractivity contribution < 1.29 is 23.1 Å². The number of nitrogens with zero attached hydrogens (tertiary/aromatic N) is 4. The Balaban J connectivity index is 2.55. The molecule has 0 saturated carbocycles. The third kappa shape index (κ3) is 2.87. The van der Waals surface area contributed by atoms with Crippen molar-refractivity contribution in [1.29, 1.82) is 0 Å². The first kappa shape index (κ1) is 13.0. The molecule has 0 radical (unpaired) electrons. The van der Waals surface area contributed by atoms with Gasteiger partial charge in [-0.1, -0.05) is 5.21 Å². The molecule has 0 amide bonds. The van der Waals surface area contributed by atoms with E-state index in [9.17, 15) is 18.0 Å². The van der Waals surface area contributed by atoms with Crippen LogP contribution in [0.15, 0.2) is 24.5 Å². The Bertz CT molecular complexity index is 595. The van der Waals surface area contributed by atoms with E-state index in [4.69, 9.17) is 5.11 Å². The fourth-order valence-electron chi connectivity index (χ4n) is 1.53. The van der Waals surface area contributed by atoms with E-state index >= 15 is 0 Å². The Kier molecular flexibility index (Phi) is 3.19. The summed E-state index contributed by atoms with van der Waals surface area (Å²) in [5.41, 5.74) is -0.482. The summed E-state index contributed by atoms with van der Waals surface area (Å²) in [6, 6.07) is 2.77. The minimum absolute atomic E-state index is 0.202. The summed E-state index contributed by atoms with van der Waals surface area (Å²) < 4.78 is 37.7. The van der Waals surface area contributed by atoms with Crippen LogP contribution in [0.2, 0.25) is 0 Å². The Morgan fingerprint density at radius 2 is 1.95 bits per heavy atom. The zero-order valence-electron chi connectivity index (χ0n) is 9.29. The first-order valence-corrected chi connectivity index (χ1v) is 5.02. The van der Waals surface area contributed by atoms with Crippen LogP contribution in [0.3, 0.4) is 0 Å². The number of rotatable bonds is 3. The lowest BCUT2D eigenvalue weighted by molar-refractivity contribution is -0.142. The van der Waals surface area contributed by atoms with Crippen molar-refractivity contribution in [1.82, 2.24) is 20.0 Å². The smallest absolute Gasteiger partial charge is 0.408 e. The lowest BCUT2D eigenvalue weighted by Gasteiger charge is -2.09. The summed E-state index contributed by atoms with van der Waals surface area (Å²) in [4.78, 5) is 14.7. The maximum Gasteiger partial charge on any atom is 0.408 e. The van der Waals surface area contributed by atoms with Crippen LogP contribution in [0.5, 0.6) is 0 Å². The molecule has 2 rings (SSSR count). The van der Waals surface area contributed by atoms with Crippen molar-refractivity contribution in [2.75, 3.05) is 0 Å². The molecule has 9 heteroatoms. The molecule has 19 heavy (non-hydrogen) atoms. The minimum atomic E-state index is -4.52. The highest BCUT2D eigenvalue weighted by Gasteiger charge is 2.32. The van der Waals surface area contributed by atoms with Gasteiger partial charge in [-0.25, -0.2) is 9.48 Å². The highest BCUT2D eigenvalue weighted by molar-refractivity contribution is 5.92. The van der Waals surface area contributed by atoms with Gasteiger partial charge in [0.2, 0.25) is 0 Å². The fraction of sp³-hybridized carbons (Fsp3) is 0.200. The Labute approximate surface area is 104 Å². The van der Waals surface area contributed by atoms with Crippen molar-refractivity contribution in [3.63, 3.8) is 0 Å². The van der Waals surface area contributed by atoms with Gasteiger partial charge in [-0.05, 0) is 12.1 Å². The van der Waals surface area contributed by atoms with Crippen molar-refractivity contribution >= 4 is 5.97 Å². The monoisotopic (exact) mass is 272 g/mol. The number of hydrogen-bond donors (Lipinski definition) is 1. The normalized spacial score (nSPS) is 11.5. The quantitative estimate of drug-likeness (QED) is 0.917. The SMILES string of the molecule is O=C(O)c1nnn(CC(F)(F)F)c1-c1ccncc1. The Morgan fingerprint density at radius 3 is 2.47 bits per heavy atom. The second-order valence-corrected chi connectivity index (χ2v) is 3.60. The van der Waals surface area contributed by atoms with Gasteiger partial charge in [-0.3, -0.25) is 4.98 Å². The summed E-state index contributed by atoms with van der Waals surface area (Å²) in [6.07, 6.45) is -1.84. The molecule has 0 aromatic carbocycles. The lowest BCUT2D eigenvalue weighted by Crippen LogP contribution is -2.19. The second kappa shape index (κ2) is 4.67. The molecule has 6 nitrogen and oxygen atoms in total. The number of alkyl halides is 3. The van der Waals surface area contributed by atoms with Crippen LogP contribution < -0.4 is 0 Å². The van der Waals surface area contributed by atoms with Gasteiger partial charge < -0.3 is 5.11 Å². The van der Waals surface area contributed by atoms with Crippen LogP contribution in [-0.4, -0.2) is 37.2 Å². The molecule has 0 fully saturated rings. The van der Waals surface area contributed by atoms with E-state index in [-0.39, 0.29) is 11.3 Å². The summed E-state index contributed by atoms with van der Waals surface area (Å²) >= 11 is 0. The molecule has 0 bridgehead atoms. The van der Waals surface area contributed by atoms with Crippen molar-refractivity contribution in [2.45, 2.75) is 12.7 Å². The molecule has 0 saturated heterocycles. The molecule has 0 aliphatic carbocycles. The largest absolute Gasteiger partial charge is 0.476 e. The number of aromatic nitrogens is 4. The summed E-state index contributed by atoms with van der Waals surface area (Å²) in [5.74, 6) is -1.44. The predicted molar refractivity (Wildman–Crippen MR) is 56.3 cm³/mol. The van der Waals surface area contributed by atoms with E-state index in [1.807, 2.05) is 0 Å². The molecule has 0 aliphatic rings. The lowest BCUT2D eigenvalue weighted by atomic mass is 10.1. The molecule has 0 atom stereocenters. The zero-order chi connectivity index (χ0) is 14.0. The number of carboxylic acids is 1. The predicted octanol–water partition coefficient (Wildman–Crippen LogP) is 1.60. The molecular formula is C10H7F3N4O2. The van der Waals surface area contributed by atoms with E-state index in [0.717, 1.165) is 0 Å². The van der Waals surface area contributed by atoms with Gasteiger partial charge in [0.15, 0.2) is 5.69 Å². The molecule has 2 heterocycles. The minimum Gasteiger partial charge on any atom is -0.476 e. The Morgan fingerprint density at radius 1 is 1.32 bits per heavy atom. The van der Waals surface area contributed by atoms with E-state index in [1.54, 1.807) is 0 Å². The molecule has 2 aromatic rings. The van der Waals surface area contributed by atoms with Gasteiger partial charge >= 0.3 is 12.1 Å². The van der Waals surface area contributed by atoms with Crippen molar-refractivity contribution in [3.8, 4) is 11.3 Å². The average molecular weight is 272 g/mol. The van der Waals surface area contributed by atoms with Crippen LogP contribution in [0.1, 0.15) is 10.5 Å². The molecule has 0 unspecified atom stereocenters. The van der Waals surface area contributed by atoms with Crippen LogP contribution >= 0.6 is 0 Å². The van der Waals surface area contributed by atoms with Crippen LogP contribution in [0.4, 0.5) is 13.2 Å². The Hall–Kier alpha value is -2.45. The maximum absolute atomic E-state index is 12.4. The van der Waals surface area contributed by atoms with Crippen LogP contribution in [0.25, 0.3) is 11.3 Å². The highest BCUT2D eigenvalue weighted by atomic mass is 19.4. The van der Waals surface area contributed by atoms with Crippen molar-refractivity contribution in [2.24, 2.45) is 0 Å². The van der Waals surface area contributed by atoms with E-state index in [2.05, 4.69) is 15.3 Å². The standard InChI is InChI=1S/C10H7F3N4O2/c11-10(12,13)5-17-8(6-1-3-14-4-2-6)7(9(18)19)15-16-17/h1-4H,5H2,(H,18,19). The molecule has 1 N–H and O–H groups in total. The van der Waals surface area contributed by atoms with E-state index < -0.39 is 24.4 Å². The van der Waals surface area contributed by atoms with Crippen LogP contribution in [-0.2, 0) is 6.54 Å². The maximum atomic E-state index is 12.4. The van der Waals surface area contributed by atoms with E-state index in [0.29, 0.717) is 4.68 Å². The fourth-order valence-corrected chi connectivity index (χ4v) is 1.53. The summed E-state index contributed by atoms with van der Waals surface area (Å²) in [6.45, 7) is -1.41. The number of carbonyl (C=O) groups is 1. The second-order valence-electron chi connectivity index (χ2n) is 3.60. The number of pyridine rings is 1. The number of halogens is 3. The topological polar surface area (TPSA) is 80.9 Å². The first-order valence-electron chi connectivity index (χ1n) is 5.02. The van der Waals surface area contributed by atoms with Gasteiger partial charge in [-0.15, -0.1) is 5.10 Å². The molecular weight excluding hydrogens is 265 g/mol. The third-order valence-corrected chi connectivity index (χ3v) is 2.22. The van der Waals surface area contributed by atoms with E-state index in [1.165, 1.54) is 24.5 Å². The molecule has 0 spiro atoms. The zero-order valence-corrected chi connectivity index (χ0v) is 9.29. The molecule has 100 valence electrons. The first-order chi connectivity index (χ1) is 8.88. The average Bonchev–Trinajstić information content (AvgIpc) is 2.71. The highest BCUT2D eigenvalue weighted by Crippen LogP contribution is 2.25. The summed E-state index contributed by atoms with van der Waals surface area (Å²) in [5, 5.41) is 15.4.